The Hall–Kier alpha value is -2.18. The summed E-state index contributed by atoms with van der Waals surface area (Å²) < 4.78 is 1.96. The molecule has 3 aromatic rings. The van der Waals surface area contributed by atoms with Crippen molar-refractivity contribution in [3.8, 4) is 17.0 Å². The third-order valence-electron chi connectivity index (χ3n) is 3.43. The molecule has 116 valence electrons. The highest BCUT2D eigenvalue weighted by Crippen LogP contribution is 2.33. The molecule has 5 nitrogen and oxygen atoms in total. The van der Waals surface area contributed by atoms with E-state index in [1.165, 1.54) is 17.5 Å². The molecular formula is C16H10BrClN2O3. The molecule has 0 unspecified atom stereocenters. The van der Waals surface area contributed by atoms with Gasteiger partial charge in [-0.3, -0.25) is 14.0 Å². The first-order valence-corrected chi connectivity index (χ1v) is 7.78. The number of aromatic nitrogens is 2. The summed E-state index contributed by atoms with van der Waals surface area (Å²) >= 11 is 9.64. The van der Waals surface area contributed by atoms with Crippen LogP contribution < -0.4 is 5.56 Å². The van der Waals surface area contributed by atoms with E-state index in [1.54, 1.807) is 12.1 Å². The minimum Gasteiger partial charge on any atom is -0.493 e. The third kappa shape index (κ3) is 2.64. The lowest BCUT2D eigenvalue weighted by Gasteiger charge is -2.09. The normalized spacial score (nSPS) is 10.9. The summed E-state index contributed by atoms with van der Waals surface area (Å²) in [4.78, 5) is 27.7. The zero-order valence-corrected chi connectivity index (χ0v) is 14.2. The lowest BCUT2D eigenvalue weighted by Crippen LogP contribution is -2.22. The molecule has 0 amide bonds. The maximum Gasteiger partial charge on any atom is 0.272 e. The summed E-state index contributed by atoms with van der Waals surface area (Å²) in [5.74, 6) is -1.10. The Morgan fingerprint density at radius 1 is 1.35 bits per heavy atom. The number of carbonyl (C=O) groups is 1. The minimum atomic E-state index is -0.605. The molecule has 0 atom stereocenters. The molecule has 0 bridgehead atoms. The van der Waals surface area contributed by atoms with Gasteiger partial charge in [0.2, 0.25) is 5.88 Å². The van der Waals surface area contributed by atoms with Crippen LogP contribution in [0.1, 0.15) is 17.3 Å². The second kappa shape index (κ2) is 5.79. The van der Waals surface area contributed by atoms with Gasteiger partial charge in [0.05, 0.1) is 5.02 Å². The Morgan fingerprint density at radius 3 is 2.78 bits per heavy atom. The number of hydrogen-bond donors (Lipinski definition) is 1. The second-order valence-electron chi connectivity index (χ2n) is 4.92. The van der Waals surface area contributed by atoms with E-state index in [2.05, 4.69) is 20.9 Å². The molecule has 0 fully saturated rings. The molecule has 0 aliphatic heterocycles. The van der Waals surface area contributed by atoms with Crippen LogP contribution >= 0.6 is 27.5 Å². The van der Waals surface area contributed by atoms with E-state index in [0.29, 0.717) is 5.02 Å². The van der Waals surface area contributed by atoms with Crippen LogP contribution in [0.5, 0.6) is 5.88 Å². The molecule has 0 aliphatic rings. The highest BCUT2D eigenvalue weighted by Gasteiger charge is 2.17. The molecule has 1 N–H and O–H groups in total. The van der Waals surface area contributed by atoms with Crippen LogP contribution in [-0.2, 0) is 0 Å². The van der Waals surface area contributed by atoms with Crippen molar-refractivity contribution in [2.75, 3.05) is 0 Å². The molecule has 2 heterocycles. The Labute approximate surface area is 144 Å². The summed E-state index contributed by atoms with van der Waals surface area (Å²) in [7, 11) is 0. The number of aromatic hydroxyl groups is 1. The average Bonchev–Trinajstić information content (AvgIpc) is 2.49. The number of hydrogen-bond acceptors (Lipinski definition) is 4. The third-order valence-corrected chi connectivity index (χ3v) is 4.72. The molecule has 0 aliphatic carbocycles. The van der Waals surface area contributed by atoms with Gasteiger partial charge in [-0.25, -0.2) is 0 Å². The quantitative estimate of drug-likeness (QED) is 0.674. The van der Waals surface area contributed by atoms with E-state index in [9.17, 15) is 14.7 Å². The predicted octanol–water partition coefficient (Wildman–Crippen LogP) is 3.69. The fraction of sp³-hybridized carbons (Fsp3) is 0.0625. The SMILES string of the molecule is CC(=O)c1c(O)nc2cc(-c3cccc(Br)c3Cl)ccn2c1=O. The van der Waals surface area contributed by atoms with Crippen molar-refractivity contribution in [1.29, 1.82) is 0 Å². The number of Topliss-reactive ketones (excluding diaryl/α,β-unsaturated/α-hetero) is 1. The fourth-order valence-electron chi connectivity index (χ4n) is 2.33. The van der Waals surface area contributed by atoms with E-state index in [1.807, 2.05) is 18.2 Å². The highest BCUT2D eigenvalue weighted by molar-refractivity contribution is 9.10. The first kappa shape index (κ1) is 15.7. The average molecular weight is 394 g/mol. The Bertz CT molecular complexity index is 1010. The molecule has 0 spiro atoms. The van der Waals surface area contributed by atoms with Crippen LogP contribution in [0.3, 0.4) is 0 Å². The lowest BCUT2D eigenvalue weighted by atomic mass is 10.1. The summed E-state index contributed by atoms with van der Waals surface area (Å²) in [6.45, 7) is 1.21. The maximum atomic E-state index is 12.3. The van der Waals surface area contributed by atoms with E-state index >= 15 is 0 Å². The van der Waals surface area contributed by atoms with Gasteiger partial charge in [-0.2, -0.15) is 4.98 Å². The van der Waals surface area contributed by atoms with Gasteiger partial charge in [-0.15, -0.1) is 0 Å². The minimum absolute atomic E-state index is 0.228. The Morgan fingerprint density at radius 2 is 2.09 bits per heavy atom. The van der Waals surface area contributed by atoms with Crippen molar-refractivity contribution in [1.82, 2.24) is 9.38 Å². The molecule has 1 aromatic carbocycles. The highest BCUT2D eigenvalue weighted by atomic mass is 79.9. The van der Waals surface area contributed by atoms with Gasteiger partial charge in [-0.05, 0) is 46.6 Å². The molecule has 0 radical (unpaired) electrons. The number of pyridine rings is 1. The number of fused-ring (bicyclic) bond motifs is 1. The number of ketones is 1. The zero-order valence-electron chi connectivity index (χ0n) is 11.9. The van der Waals surface area contributed by atoms with Crippen molar-refractivity contribution >= 4 is 39.0 Å². The topological polar surface area (TPSA) is 71.7 Å². The van der Waals surface area contributed by atoms with Crippen molar-refractivity contribution in [2.24, 2.45) is 0 Å². The molecule has 3 rings (SSSR count). The first-order valence-electron chi connectivity index (χ1n) is 6.61. The summed E-state index contributed by atoms with van der Waals surface area (Å²) in [5.41, 5.74) is 0.791. The molecule has 0 saturated heterocycles. The maximum absolute atomic E-state index is 12.3. The van der Waals surface area contributed by atoms with Gasteiger partial charge in [0.25, 0.3) is 5.56 Å². The molecule has 23 heavy (non-hydrogen) atoms. The lowest BCUT2D eigenvalue weighted by molar-refractivity contribution is 0.101. The second-order valence-corrected chi connectivity index (χ2v) is 6.15. The predicted molar refractivity (Wildman–Crippen MR) is 91.3 cm³/mol. The van der Waals surface area contributed by atoms with Crippen molar-refractivity contribution in [2.45, 2.75) is 6.92 Å². The molecular weight excluding hydrogens is 384 g/mol. The monoisotopic (exact) mass is 392 g/mol. The van der Waals surface area contributed by atoms with Crippen molar-refractivity contribution in [3.05, 3.63) is 61.9 Å². The van der Waals surface area contributed by atoms with Crippen molar-refractivity contribution < 1.29 is 9.90 Å². The van der Waals surface area contributed by atoms with Crippen molar-refractivity contribution in [3.63, 3.8) is 0 Å². The van der Waals surface area contributed by atoms with E-state index in [0.717, 1.165) is 15.6 Å². The number of benzene rings is 1. The van der Waals surface area contributed by atoms with E-state index in [-0.39, 0.29) is 11.2 Å². The van der Waals surface area contributed by atoms with Gasteiger partial charge in [0, 0.05) is 16.2 Å². The number of carbonyl (C=O) groups excluding carboxylic acids is 1. The van der Waals surface area contributed by atoms with Crippen LogP contribution in [0.15, 0.2) is 45.8 Å². The van der Waals surface area contributed by atoms with Crippen LogP contribution in [0, 0.1) is 0 Å². The van der Waals surface area contributed by atoms with Gasteiger partial charge in [0.15, 0.2) is 5.78 Å². The van der Waals surface area contributed by atoms with Crippen LogP contribution in [0.2, 0.25) is 5.02 Å². The van der Waals surface area contributed by atoms with Gasteiger partial charge in [-0.1, -0.05) is 23.7 Å². The largest absolute Gasteiger partial charge is 0.493 e. The van der Waals surface area contributed by atoms with Gasteiger partial charge >= 0.3 is 0 Å². The molecule has 2 aromatic heterocycles. The number of nitrogens with zero attached hydrogens (tertiary/aromatic N) is 2. The first-order chi connectivity index (χ1) is 10.9. The fourth-order valence-corrected chi connectivity index (χ4v) is 2.93. The van der Waals surface area contributed by atoms with Crippen LogP contribution in [-0.4, -0.2) is 20.3 Å². The van der Waals surface area contributed by atoms with Crippen LogP contribution in [0.4, 0.5) is 0 Å². The van der Waals surface area contributed by atoms with Gasteiger partial charge < -0.3 is 5.11 Å². The zero-order chi connectivity index (χ0) is 16.7. The van der Waals surface area contributed by atoms with Gasteiger partial charge in [0.1, 0.15) is 11.2 Å². The molecule has 0 saturated carbocycles. The smallest absolute Gasteiger partial charge is 0.272 e. The van der Waals surface area contributed by atoms with E-state index < -0.39 is 17.2 Å². The Kier molecular flexibility index (Phi) is 3.95. The summed E-state index contributed by atoms with van der Waals surface area (Å²) in [6, 6.07) is 8.82. The summed E-state index contributed by atoms with van der Waals surface area (Å²) in [6.07, 6.45) is 1.50. The summed E-state index contributed by atoms with van der Waals surface area (Å²) in [5, 5.41) is 10.4. The molecule has 7 heteroatoms. The van der Waals surface area contributed by atoms with E-state index in [4.69, 9.17) is 11.6 Å². The van der Waals surface area contributed by atoms with Crippen LogP contribution in [0.25, 0.3) is 16.8 Å². The number of halogens is 2. The standard InChI is InChI=1S/C16H10BrClN2O3/c1-8(21)13-15(22)19-12-7-9(5-6-20(12)16(13)23)10-3-2-4-11(17)14(10)18/h2-7,22H,1H3. The Balaban J connectivity index is 2.29. The number of rotatable bonds is 2.